The van der Waals surface area contributed by atoms with Gasteiger partial charge < -0.3 is 5.73 Å². The van der Waals surface area contributed by atoms with Gasteiger partial charge in [0.25, 0.3) is 0 Å². The maximum absolute atomic E-state index is 6.37. The van der Waals surface area contributed by atoms with E-state index in [4.69, 9.17) is 5.73 Å². The lowest BCUT2D eigenvalue weighted by Gasteiger charge is -2.13. The van der Waals surface area contributed by atoms with E-state index in [1.54, 1.807) is 11.3 Å². The Morgan fingerprint density at radius 1 is 1.16 bits per heavy atom. The Labute approximate surface area is 116 Å². The molecule has 0 saturated heterocycles. The molecule has 3 aromatic rings. The number of rotatable bonds is 3. The molecule has 19 heavy (non-hydrogen) atoms. The molecule has 2 aromatic carbocycles. The fourth-order valence-corrected chi connectivity index (χ4v) is 3.04. The van der Waals surface area contributed by atoms with Gasteiger partial charge >= 0.3 is 0 Å². The minimum absolute atomic E-state index is 0.00685. The number of aromatic nitrogens is 1. The SMILES string of the molecule is Cc1nc(CC(N)c2cccc3ccccc23)cs1. The molecule has 3 heteroatoms. The minimum Gasteiger partial charge on any atom is -0.324 e. The van der Waals surface area contributed by atoms with Gasteiger partial charge in [0, 0.05) is 17.8 Å². The van der Waals surface area contributed by atoms with Gasteiger partial charge in [0.1, 0.15) is 0 Å². The summed E-state index contributed by atoms with van der Waals surface area (Å²) >= 11 is 1.68. The molecular weight excluding hydrogens is 252 g/mol. The summed E-state index contributed by atoms with van der Waals surface area (Å²) in [6, 6.07) is 14.7. The lowest BCUT2D eigenvalue weighted by atomic mass is 9.97. The molecule has 0 aliphatic heterocycles. The molecule has 0 aliphatic carbocycles. The maximum Gasteiger partial charge on any atom is 0.0897 e. The zero-order chi connectivity index (χ0) is 13.2. The predicted molar refractivity (Wildman–Crippen MR) is 81.4 cm³/mol. The predicted octanol–water partition coefficient (Wildman–Crippen LogP) is 3.85. The Balaban J connectivity index is 1.95. The largest absolute Gasteiger partial charge is 0.324 e. The third kappa shape index (κ3) is 2.53. The fraction of sp³-hybridized carbons (Fsp3) is 0.188. The number of hydrogen-bond donors (Lipinski definition) is 1. The van der Waals surface area contributed by atoms with Crippen molar-refractivity contribution in [2.24, 2.45) is 5.73 Å². The molecule has 96 valence electrons. The molecule has 0 spiro atoms. The second-order valence-electron chi connectivity index (χ2n) is 4.74. The van der Waals surface area contributed by atoms with Crippen LogP contribution in [-0.2, 0) is 6.42 Å². The third-order valence-electron chi connectivity index (χ3n) is 3.32. The topological polar surface area (TPSA) is 38.9 Å². The van der Waals surface area contributed by atoms with Crippen LogP contribution in [-0.4, -0.2) is 4.98 Å². The van der Waals surface area contributed by atoms with E-state index in [2.05, 4.69) is 52.8 Å². The Morgan fingerprint density at radius 2 is 1.95 bits per heavy atom. The van der Waals surface area contributed by atoms with Gasteiger partial charge in [0.05, 0.1) is 10.7 Å². The van der Waals surface area contributed by atoms with Crippen LogP contribution >= 0.6 is 11.3 Å². The van der Waals surface area contributed by atoms with Crippen LogP contribution < -0.4 is 5.73 Å². The fourth-order valence-electron chi connectivity index (χ4n) is 2.41. The Bertz CT molecular complexity index is 697. The summed E-state index contributed by atoms with van der Waals surface area (Å²) in [5.74, 6) is 0. The van der Waals surface area contributed by atoms with E-state index in [-0.39, 0.29) is 6.04 Å². The summed E-state index contributed by atoms with van der Waals surface area (Å²) in [7, 11) is 0. The summed E-state index contributed by atoms with van der Waals surface area (Å²) in [4.78, 5) is 4.49. The Kier molecular flexibility index (Phi) is 3.32. The summed E-state index contributed by atoms with van der Waals surface area (Å²) in [6.07, 6.45) is 0.790. The minimum atomic E-state index is -0.00685. The molecule has 1 aromatic heterocycles. The van der Waals surface area contributed by atoms with E-state index >= 15 is 0 Å². The van der Waals surface area contributed by atoms with Crippen molar-refractivity contribution in [3.8, 4) is 0 Å². The van der Waals surface area contributed by atoms with Crippen molar-refractivity contribution >= 4 is 22.1 Å². The summed E-state index contributed by atoms with van der Waals surface area (Å²) in [6.45, 7) is 2.03. The first-order valence-electron chi connectivity index (χ1n) is 6.38. The van der Waals surface area contributed by atoms with Crippen LogP contribution in [0.25, 0.3) is 10.8 Å². The number of nitrogens with zero attached hydrogens (tertiary/aromatic N) is 1. The number of fused-ring (bicyclic) bond motifs is 1. The number of thiazole rings is 1. The Hall–Kier alpha value is -1.71. The smallest absolute Gasteiger partial charge is 0.0897 e. The van der Waals surface area contributed by atoms with Gasteiger partial charge in [-0.15, -0.1) is 11.3 Å². The molecule has 1 heterocycles. The van der Waals surface area contributed by atoms with E-state index < -0.39 is 0 Å². The highest BCUT2D eigenvalue weighted by Gasteiger charge is 2.11. The van der Waals surface area contributed by atoms with Gasteiger partial charge in [-0.2, -0.15) is 0 Å². The van der Waals surface area contributed by atoms with Gasteiger partial charge in [-0.25, -0.2) is 4.98 Å². The highest BCUT2D eigenvalue weighted by atomic mass is 32.1. The zero-order valence-corrected chi connectivity index (χ0v) is 11.7. The second kappa shape index (κ2) is 5.11. The third-order valence-corrected chi connectivity index (χ3v) is 4.14. The molecule has 0 bridgehead atoms. The highest BCUT2D eigenvalue weighted by Crippen LogP contribution is 2.25. The Morgan fingerprint density at radius 3 is 2.74 bits per heavy atom. The number of aryl methyl sites for hydroxylation is 1. The monoisotopic (exact) mass is 268 g/mol. The first-order chi connectivity index (χ1) is 9.24. The van der Waals surface area contributed by atoms with Gasteiger partial charge in [-0.3, -0.25) is 0 Å². The molecule has 0 saturated carbocycles. The van der Waals surface area contributed by atoms with Crippen LogP contribution in [0.3, 0.4) is 0 Å². The lowest BCUT2D eigenvalue weighted by molar-refractivity contribution is 0.714. The van der Waals surface area contributed by atoms with Crippen LogP contribution in [0, 0.1) is 6.92 Å². The molecule has 2 nitrogen and oxygen atoms in total. The van der Waals surface area contributed by atoms with Crippen molar-refractivity contribution < 1.29 is 0 Å². The quantitative estimate of drug-likeness (QED) is 0.783. The average Bonchev–Trinajstić information content (AvgIpc) is 2.83. The normalized spacial score (nSPS) is 12.7. The van der Waals surface area contributed by atoms with E-state index in [0.29, 0.717) is 0 Å². The van der Waals surface area contributed by atoms with Crippen LogP contribution in [0.1, 0.15) is 22.3 Å². The molecule has 0 amide bonds. The van der Waals surface area contributed by atoms with E-state index in [1.165, 1.54) is 16.3 Å². The van der Waals surface area contributed by atoms with Crippen LogP contribution in [0.2, 0.25) is 0 Å². The van der Waals surface area contributed by atoms with Crippen molar-refractivity contribution in [1.82, 2.24) is 4.98 Å². The van der Waals surface area contributed by atoms with Crippen molar-refractivity contribution in [3.63, 3.8) is 0 Å². The maximum atomic E-state index is 6.37. The summed E-state index contributed by atoms with van der Waals surface area (Å²) < 4.78 is 0. The zero-order valence-electron chi connectivity index (χ0n) is 10.8. The molecule has 0 radical (unpaired) electrons. The lowest BCUT2D eigenvalue weighted by Crippen LogP contribution is -2.14. The molecule has 2 N–H and O–H groups in total. The second-order valence-corrected chi connectivity index (χ2v) is 5.80. The van der Waals surface area contributed by atoms with Gasteiger partial charge in [0.15, 0.2) is 0 Å². The van der Waals surface area contributed by atoms with Crippen molar-refractivity contribution in [1.29, 1.82) is 0 Å². The van der Waals surface area contributed by atoms with Gasteiger partial charge in [0.2, 0.25) is 0 Å². The molecule has 1 unspecified atom stereocenters. The first-order valence-corrected chi connectivity index (χ1v) is 7.26. The summed E-state index contributed by atoms with van der Waals surface area (Å²) in [5, 5.41) is 5.68. The van der Waals surface area contributed by atoms with E-state index in [1.807, 2.05) is 6.92 Å². The molecule has 0 aliphatic rings. The average molecular weight is 268 g/mol. The van der Waals surface area contributed by atoms with Crippen LogP contribution in [0.4, 0.5) is 0 Å². The van der Waals surface area contributed by atoms with Crippen LogP contribution in [0.15, 0.2) is 47.8 Å². The molecule has 0 fully saturated rings. The van der Waals surface area contributed by atoms with Crippen molar-refractivity contribution in [2.75, 3.05) is 0 Å². The van der Waals surface area contributed by atoms with Crippen molar-refractivity contribution in [2.45, 2.75) is 19.4 Å². The van der Waals surface area contributed by atoms with Crippen LogP contribution in [0.5, 0.6) is 0 Å². The first kappa shape index (κ1) is 12.3. The number of hydrogen-bond acceptors (Lipinski definition) is 3. The highest BCUT2D eigenvalue weighted by molar-refractivity contribution is 7.09. The summed E-state index contributed by atoms with van der Waals surface area (Å²) in [5.41, 5.74) is 8.65. The number of nitrogens with two attached hydrogens (primary N) is 1. The van der Waals surface area contributed by atoms with Gasteiger partial charge in [-0.05, 0) is 23.3 Å². The number of benzene rings is 2. The standard InChI is InChI=1S/C16H16N2S/c1-11-18-13(10-19-11)9-16(17)15-8-4-6-12-5-2-3-7-14(12)15/h2-8,10,16H,9,17H2,1H3. The van der Waals surface area contributed by atoms with Crippen molar-refractivity contribution in [3.05, 3.63) is 64.1 Å². The van der Waals surface area contributed by atoms with E-state index in [9.17, 15) is 0 Å². The molecular formula is C16H16N2S. The molecule has 3 rings (SSSR count). The molecule has 1 atom stereocenters. The van der Waals surface area contributed by atoms with Gasteiger partial charge in [-0.1, -0.05) is 42.5 Å². The van der Waals surface area contributed by atoms with E-state index in [0.717, 1.165) is 17.1 Å².